The van der Waals surface area contributed by atoms with Gasteiger partial charge in [-0.25, -0.2) is 18.6 Å². The number of carboxylic acids is 1. The van der Waals surface area contributed by atoms with Gasteiger partial charge in [0, 0.05) is 5.02 Å². The van der Waals surface area contributed by atoms with Crippen LogP contribution in [0.2, 0.25) is 5.02 Å². The summed E-state index contributed by atoms with van der Waals surface area (Å²) in [5, 5.41) is 13.1. The van der Waals surface area contributed by atoms with Crippen molar-refractivity contribution < 1.29 is 23.1 Å². The van der Waals surface area contributed by atoms with E-state index in [4.69, 9.17) is 16.7 Å². The van der Waals surface area contributed by atoms with Crippen molar-refractivity contribution in [3.8, 4) is 0 Å². The van der Waals surface area contributed by atoms with Crippen molar-refractivity contribution in [2.45, 2.75) is 6.92 Å². The molecule has 0 heterocycles. The smallest absolute Gasteiger partial charge is 0.335 e. The number of hydrogen-bond acceptors (Lipinski definition) is 5. The number of benzene rings is 2. The Bertz CT molecular complexity index is 1020. The second-order valence-electron chi connectivity index (χ2n) is 5.92. The molecule has 0 aliphatic carbocycles. The van der Waals surface area contributed by atoms with Crippen molar-refractivity contribution >= 4 is 45.4 Å². The highest BCUT2D eigenvalue weighted by molar-refractivity contribution is 7.92. The molecule has 148 valence electrons. The molecule has 0 saturated heterocycles. The monoisotopic (exact) mass is 423 g/mol. The van der Waals surface area contributed by atoms with E-state index in [0.29, 0.717) is 21.8 Å². The number of carboxylic acid groups (broad SMARTS) is 1. The minimum absolute atomic E-state index is 0.128. The van der Waals surface area contributed by atoms with Gasteiger partial charge < -0.3 is 5.11 Å². The highest BCUT2D eigenvalue weighted by Crippen LogP contribution is 2.25. The van der Waals surface area contributed by atoms with Crippen molar-refractivity contribution in [2.24, 2.45) is 5.10 Å². The van der Waals surface area contributed by atoms with Gasteiger partial charge in [0.15, 0.2) is 0 Å². The van der Waals surface area contributed by atoms with Gasteiger partial charge in [0.05, 0.1) is 23.7 Å². The fourth-order valence-electron chi connectivity index (χ4n) is 2.34. The second kappa shape index (κ2) is 8.85. The van der Waals surface area contributed by atoms with Crippen LogP contribution in [0.1, 0.15) is 21.5 Å². The number of nitrogens with one attached hydrogen (secondary N) is 1. The summed E-state index contributed by atoms with van der Waals surface area (Å²) in [7, 11) is -3.72. The fourth-order valence-corrected chi connectivity index (χ4v) is 3.48. The van der Waals surface area contributed by atoms with Gasteiger partial charge >= 0.3 is 5.97 Å². The van der Waals surface area contributed by atoms with Gasteiger partial charge in [-0.1, -0.05) is 23.7 Å². The van der Waals surface area contributed by atoms with Gasteiger partial charge in [-0.2, -0.15) is 5.10 Å². The molecule has 2 N–H and O–H groups in total. The van der Waals surface area contributed by atoms with Crippen LogP contribution in [-0.2, 0) is 14.8 Å². The molecule has 2 rings (SSSR count). The lowest BCUT2D eigenvalue weighted by Gasteiger charge is -2.23. The molecular formula is C18H18ClN3O5S. The summed E-state index contributed by atoms with van der Waals surface area (Å²) < 4.78 is 25.2. The molecule has 0 radical (unpaired) electrons. The molecule has 0 atom stereocenters. The number of nitrogens with zero attached hydrogens (tertiary/aromatic N) is 2. The standard InChI is InChI=1S/C18H18ClN3O5S/c1-12-9-15(19)7-8-16(12)22(28(2,26)27)11-17(23)21-20-10-13-3-5-14(6-4-13)18(24)25/h3-10H,11H2,1-2H3,(H,21,23)(H,24,25)/b20-10-. The average Bonchev–Trinajstić information content (AvgIpc) is 2.60. The van der Waals surface area contributed by atoms with Crippen LogP contribution in [0.5, 0.6) is 0 Å². The number of sulfonamides is 1. The number of aromatic carboxylic acids is 1. The zero-order chi connectivity index (χ0) is 20.9. The number of hydrogen-bond donors (Lipinski definition) is 2. The number of carbonyl (C=O) groups is 2. The zero-order valence-electron chi connectivity index (χ0n) is 15.1. The van der Waals surface area contributed by atoms with E-state index in [2.05, 4.69) is 10.5 Å². The van der Waals surface area contributed by atoms with Gasteiger partial charge in [-0.15, -0.1) is 0 Å². The summed E-state index contributed by atoms with van der Waals surface area (Å²) in [4.78, 5) is 23.0. The van der Waals surface area contributed by atoms with Crippen LogP contribution < -0.4 is 9.73 Å². The Hall–Kier alpha value is -2.91. The molecule has 0 saturated carbocycles. The summed E-state index contributed by atoms with van der Waals surface area (Å²) >= 11 is 5.90. The third-order valence-electron chi connectivity index (χ3n) is 3.68. The first-order valence-corrected chi connectivity index (χ1v) is 10.2. The lowest BCUT2D eigenvalue weighted by Crippen LogP contribution is -2.39. The Morgan fingerprint density at radius 1 is 1.21 bits per heavy atom. The molecule has 0 aromatic heterocycles. The number of halogens is 1. The molecule has 0 unspecified atom stereocenters. The van der Waals surface area contributed by atoms with E-state index >= 15 is 0 Å². The molecule has 0 aliphatic heterocycles. The molecule has 8 nitrogen and oxygen atoms in total. The van der Waals surface area contributed by atoms with Crippen molar-refractivity contribution in [3.05, 3.63) is 64.2 Å². The Labute approximate surface area is 167 Å². The Morgan fingerprint density at radius 3 is 2.39 bits per heavy atom. The van der Waals surface area contributed by atoms with Crippen molar-refractivity contribution in [1.82, 2.24) is 5.43 Å². The van der Waals surface area contributed by atoms with Crippen LogP contribution in [0.3, 0.4) is 0 Å². The average molecular weight is 424 g/mol. The number of aryl methyl sites for hydroxylation is 1. The number of hydrazone groups is 1. The molecule has 0 aliphatic rings. The summed E-state index contributed by atoms with van der Waals surface area (Å²) in [5.41, 5.74) is 3.90. The highest BCUT2D eigenvalue weighted by Gasteiger charge is 2.22. The maximum Gasteiger partial charge on any atom is 0.335 e. The van der Waals surface area contributed by atoms with Crippen LogP contribution in [0.25, 0.3) is 0 Å². The van der Waals surface area contributed by atoms with E-state index in [0.717, 1.165) is 10.6 Å². The normalized spacial score (nSPS) is 11.4. The Balaban J connectivity index is 2.08. The number of amides is 1. The number of rotatable bonds is 7. The Kier molecular flexibility index (Phi) is 6.76. The topological polar surface area (TPSA) is 116 Å². The molecular weight excluding hydrogens is 406 g/mol. The zero-order valence-corrected chi connectivity index (χ0v) is 16.7. The molecule has 0 spiro atoms. The van der Waals surface area contributed by atoms with E-state index in [1.54, 1.807) is 19.1 Å². The van der Waals surface area contributed by atoms with Crippen molar-refractivity contribution in [1.29, 1.82) is 0 Å². The summed E-state index contributed by atoms with van der Waals surface area (Å²) in [6, 6.07) is 10.5. The van der Waals surface area contributed by atoms with Gasteiger partial charge in [0.1, 0.15) is 6.54 Å². The van der Waals surface area contributed by atoms with Crippen LogP contribution >= 0.6 is 11.6 Å². The molecule has 2 aromatic carbocycles. The second-order valence-corrected chi connectivity index (χ2v) is 8.26. The molecule has 28 heavy (non-hydrogen) atoms. The minimum Gasteiger partial charge on any atom is -0.478 e. The van der Waals surface area contributed by atoms with E-state index in [9.17, 15) is 18.0 Å². The van der Waals surface area contributed by atoms with Crippen molar-refractivity contribution in [3.63, 3.8) is 0 Å². The lowest BCUT2D eigenvalue weighted by atomic mass is 10.1. The molecule has 0 fully saturated rings. The van der Waals surface area contributed by atoms with Gasteiger partial charge in [-0.05, 0) is 48.4 Å². The quantitative estimate of drug-likeness (QED) is 0.523. The fraction of sp³-hybridized carbons (Fsp3) is 0.167. The van der Waals surface area contributed by atoms with Crippen LogP contribution in [0.15, 0.2) is 47.6 Å². The van der Waals surface area contributed by atoms with Crippen LogP contribution in [0, 0.1) is 6.92 Å². The molecule has 10 heteroatoms. The number of carbonyl (C=O) groups excluding carboxylic acids is 1. The first-order chi connectivity index (χ1) is 13.1. The molecule has 1 amide bonds. The summed E-state index contributed by atoms with van der Waals surface area (Å²) in [6.07, 6.45) is 2.32. The summed E-state index contributed by atoms with van der Waals surface area (Å²) in [5.74, 6) is -1.69. The minimum atomic E-state index is -3.72. The maximum atomic E-state index is 12.2. The highest BCUT2D eigenvalue weighted by atomic mass is 35.5. The lowest BCUT2D eigenvalue weighted by molar-refractivity contribution is -0.119. The molecule has 0 bridgehead atoms. The summed E-state index contributed by atoms with van der Waals surface area (Å²) in [6.45, 7) is 1.23. The van der Waals surface area contributed by atoms with Crippen molar-refractivity contribution in [2.75, 3.05) is 17.1 Å². The van der Waals surface area contributed by atoms with E-state index < -0.39 is 28.4 Å². The van der Waals surface area contributed by atoms with Gasteiger partial charge in [-0.3, -0.25) is 9.10 Å². The third-order valence-corrected chi connectivity index (χ3v) is 5.04. The van der Waals surface area contributed by atoms with Gasteiger partial charge in [0.2, 0.25) is 10.0 Å². The predicted molar refractivity (Wildman–Crippen MR) is 108 cm³/mol. The first kappa shape index (κ1) is 21.4. The van der Waals surface area contributed by atoms with E-state index in [1.165, 1.54) is 36.5 Å². The number of anilines is 1. The SMILES string of the molecule is Cc1cc(Cl)ccc1N(CC(=O)N/N=C\c1ccc(C(=O)O)cc1)S(C)(=O)=O. The third kappa shape index (κ3) is 5.80. The Morgan fingerprint density at radius 2 is 1.86 bits per heavy atom. The molecule has 2 aromatic rings. The van der Waals surface area contributed by atoms with Crippen LogP contribution in [-0.4, -0.2) is 44.4 Å². The van der Waals surface area contributed by atoms with Gasteiger partial charge in [0.25, 0.3) is 5.91 Å². The van der Waals surface area contributed by atoms with E-state index in [-0.39, 0.29) is 5.56 Å². The van der Waals surface area contributed by atoms with E-state index in [1.807, 2.05) is 0 Å². The maximum absolute atomic E-state index is 12.2. The first-order valence-electron chi connectivity index (χ1n) is 7.97. The van der Waals surface area contributed by atoms with Crippen LogP contribution in [0.4, 0.5) is 5.69 Å². The largest absolute Gasteiger partial charge is 0.478 e. The predicted octanol–water partition coefficient (Wildman–Crippen LogP) is 2.26.